The first-order valence-corrected chi connectivity index (χ1v) is 8.96. The lowest BCUT2D eigenvalue weighted by Gasteiger charge is -2.30. The number of para-hydroxylation sites is 1. The van der Waals surface area contributed by atoms with Crippen molar-refractivity contribution >= 4 is 35.1 Å². The number of nitrogens with one attached hydrogen (secondary N) is 1. The van der Waals surface area contributed by atoms with Crippen LogP contribution in [0.15, 0.2) is 47.1 Å². The van der Waals surface area contributed by atoms with Crippen LogP contribution in [0.5, 0.6) is 0 Å². The molecule has 142 valence electrons. The zero-order valence-electron chi connectivity index (χ0n) is 14.5. The molecule has 2 aromatic rings. The molecule has 1 aliphatic rings. The second-order valence-corrected chi connectivity index (χ2v) is 6.59. The number of nitrogens with zero attached hydrogens (tertiary/aromatic N) is 1. The molecular formula is C19H19ClN2O5. The first-order chi connectivity index (χ1) is 13.0. The van der Waals surface area contributed by atoms with E-state index >= 15 is 0 Å². The molecule has 1 aliphatic heterocycles. The number of halogens is 1. The van der Waals surface area contributed by atoms with Gasteiger partial charge in [0.1, 0.15) is 0 Å². The van der Waals surface area contributed by atoms with E-state index in [1.54, 1.807) is 41.3 Å². The Kier molecular flexibility index (Phi) is 6.13. The average molecular weight is 391 g/mol. The third-order valence-corrected chi connectivity index (χ3v) is 4.67. The van der Waals surface area contributed by atoms with E-state index in [1.807, 2.05) is 0 Å². The normalized spacial score (nSPS) is 14.6. The van der Waals surface area contributed by atoms with Gasteiger partial charge in [-0.25, -0.2) is 0 Å². The van der Waals surface area contributed by atoms with Crippen molar-refractivity contribution in [3.8, 4) is 0 Å². The Balaban J connectivity index is 1.42. The lowest BCUT2D eigenvalue weighted by atomic mass is 9.97. The van der Waals surface area contributed by atoms with Crippen LogP contribution >= 0.6 is 11.6 Å². The largest absolute Gasteiger partial charge is 0.459 e. The Morgan fingerprint density at radius 3 is 2.56 bits per heavy atom. The lowest BCUT2D eigenvalue weighted by Crippen LogP contribution is -2.40. The van der Waals surface area contributed by atoms with Gasteiger partial charge in [0.25, 0.3) is 11.8 Å². The minimum absolute atomic E-state index is 0.189. The van der Waals surface area contributed by atoms with Crippen LogP contribution in [0.4, 0.5) is 5.69 Å². The highest BCUT2D eigenvalue weighted by Gasteiger charge is 2.29. The van der Waals surface area contributed by atoms with Crippen molar-refractivity contribution in [2.45, 2.75) is 12.8 Å². The van der Waals surface area contributed by atoms with Gasteiger partial charge in [-0.05, 0) is 37.1 Å². The molecule has 3 rings (SSSR count). The maximum absolute atomic E-state index is 12.2. The molecule has 0 unspecified atom stereocenters. The Labute approximate surface area is 161 Å². The van der Waals surface area contributed by atoms with Gasteiger partial charge in [0.05, 0.1) is 22.9 Å². The minimum Gasteiger partial charge on any atom is -0.459 e. The fourth-order valence-corrected chi connectivity index (χ4v) is 3.06. The first-order valence-electron chi connectivity index (χ1n) is 8.58. The summed E-state index contributed by atoms with van der Waals surface area (Å²) in [5.41, 5.74) is 0.463. The fourth-order valence-electron chi connectivity index (χ4n) is 2.88. The molecule has 2 heterocycles. The highest BCUT2D eigenvalue weighted by molar-refractivity contribution is 6.33. The number of ether oxygens (including phenoxy) is 1. The summed E-state index contributed by atoms with van der Waals surface area (Å²) in [7, 11) is 0. The molecular weight excluding hydrogens is 372 g/mol. The van der Waals surface area contributed by atoms with Crippen molar-refractivity contribution in [1.82, 2.24) is 4.90 Å². The smallest absolute Gasteiger partial charge is 0.309 e. The van der Waals surface area contributed by atoms with E-state index in [4.69, 9.17) is 20.8 Å². The standard InChI is InChI=1S/C19H19ClN2O5/c20-14-4-1-2-5-15(14)21-17(23)12-27-19(25)13-7-9-22(10-8-13)18(24)16-6-3-11-26-16/h1-6,11,13H,7-10,12H2,(H,21,23). The van der Waals surface area contributed by atoms with Crippen molar-refractivity contribution in [2.24, 2.45) is 5.92 Å². The Morgan fingerprint density at radius 2 is 1.89 bits per heavy atom. The van der Waals surface area contributed by atoms with Crippen LogP contribution in [0.3, 0.4) is 0 Å². The minimum atomic E-state index is -0.457. The van der Waals surface area contributed by atoms with E-state index in [2.05, 4.69) is 5.32 Å². The van der Waals surface area contributed by atoms with Crippen LogP contribution < -0.4 is 5.32 Å². The van der Waals surface area contributed by atoms with Crippen LogP contribution in [0.2, 0.25) is 5.02 Å². The van der Waals surface area contributed by atoms with Gasteiger partial charge in [0.15, 0.2) is 12.4 Å². The molecule has 0 saturated carbocycles. The second-order valence-electron chi connectivity index (χ2n) is 6.18. The predicted molar refractivity (Wildman–Crippen MR) is 98.4 cm³/mol. The summed E-state index contributed by atoms with van der Waals surface area (Å²) in [5.74, 6) is -1.13. The Bertz CT molecular complexity index is 813. The number of benzene rings is 1. The number of carbonyl (C=O) groups is 3. The van der Waals surface area contributed by atoms with Crippen molar-refractivity contribution in [3.63, 3.8) is 0 Å². The quantitative estimate of drug-likeness (QED) is 0.793. The number of hydrogen-bond donors (Lipinski definition) is 1. The molecule has 0 spiro atoms. The second kappa shape index (κ2) is 8.73. The van der Waals surface area contributed by atoms with Crippen LogP contribution in [0.1, 0.15) is 23.4 Å². The van der Waals surface area contributed by atoms with Crippen LogP contribution in [0.25, 0.3) is 0 Å². The Morgan fingerprint density at radius 1 is 1.15 bits per heavy atom. The molecule has 1 N–H and O–H groups in total. The van der Waals surface area contributed by atoms with Crippen LogP contribution in [-0.4, -0.2) is 42.4 Å². The summed E-state index contributed by atoms with van der Waals surface area (Å²) in [6.45, 7) is 0.492. The summed E-state index contributed by atoms with van der Waals surface area (Å²) in [4.78, 5) is 37.9. The highest BCUT2D eigenvalue weighted by Crippen LogP contribution is 2.22. The van der Waals surface area contributed by atoms with Crippen LogP contribution in [0, 0.1) is 5.92 Å². The number of likely N-dealkylation sites (tertiary alicyclic amines) is 1. The molecule has 1 aromatic heterocycles. The molecule has 7 nitrogen and oxygen atoms in total. The zero-order chi connectivity index (χ0) is 19.2. The number of anilines is 1. The maximum Gasteiger partial charge on any atom is 0.309 e. The SMILES string of the molecule is O=C(COC(=O)C1CCN(C(=O)c2ccco2)CC1)Nc1ccccc1Cl. The molecule has 2 amide bonds. The van der Waals surface area contributed by atoms with Crippen molar-refractivity contribution in [3.05, 3.63) is 53.4 Å². The molecule has 0 aliphatic carbocycles. The van der Waals surface area contributed by atoms with Gasteiger partial charge in [0, 0.05) is 13.1 Å². The molecule has 1 aromatic carbocycles. The van der Waals surface area contributed by atoms with E-state index in [1.165, 1.54) is 6.26 Å². The first kappa shape index (κ1) is 19.0. The third-order valence-electron chi connectivity index (χ3n) is 4.34. The molecule has 0 bridgehead atoms. The van der Waals surface area contributed by atoms with Crippen LogP contribution in [-0.2, 0) is 14.3 Å². The topological polar surface area (TPSA) is 88.9 Å². The summed E-state index contributed by atoms with van der Waals surface area (Å²) in [6.07, 6.45) is 2.42. The molecule has 8 heteroatoms. The van der Waals surface area contributed by atoms with Crippen molar-refractivity contribution < 1.29 is 23.5 Å². The average Bonchev–Trinajstić information content (AvgIpc) is 3.22. The number of piperidine rings is 1. The number of rotatable bonds is 5. The number of furan rings is 1. The van der Waals surface area contributed by atoms with Crippen molar-refractivity contribution in [1.29, 1.82) is 0 Å². The third kappa shape index (κ3) is 4.89. The van der Waals surface area contributed by atoms with E-state index in [-0.39, 0.29) is 24.2 Å². The number of carbonyl (C=O) groups excluding carboxylic acids is 3. The monoisotopic (exact) mass is 390 g/mol. The maximum atomic E-state index is 12.2. The fraction of sp³-hybridized carbons (Fsp3) is 0.316. The number of esters is 1. The predicted octanol–water partition coefficient (Wildman–Crippen LogP) is 2.97. The van der Waals surface area contributed by atoms with Gasteiger partial charge in [-0.2, -0.15) is 0 Å². The molecule has 1 fully saturated rings. The van der Waals surface area contributed by atoms with E-state index in [0.29, 0.717) is 36.6 Å². The molecule has 0 radical (unpaired) electrons. The number of hydrogen-bond acceptors (Lipinski definition) is 5. The highest BCUT2D eigenvalue weighted by atomic mass is 35.5. The van der Waals surface area contributed by atoms with E-state index in [0.717, 1.165) is 0 Å². The lowest BCUT2D eigenvalue weighted by molar-refractivity contribution is -0.152. The van der Waals surface area contributed by atoms with Gasteiger partial charge in [-0.15, -0.1) is 0 Å². The number of amides is 2. The Hall–Kier alpha value is -2.80. The molecule has 0 atom stereocenters. The van der Waals surface area contributed by atoms with Crippen molar-refractivity contribution in [2.75, 3.05) is 25.0 Å². The van der Waals surface area contributed by atoms with E-state index < -0.39 is 11.9 Å². The van der Waals surface area contributed by atoms with Gasteiger partial charge < -0.3 is 19.4 Å². The summed E-state index contributed by atoms with van der Waals surface area (Å²) in [6, 6.07) is 10.1. The zero-order valence-corrected chi connectivity index (χ0v) is 15.3. The van der Waals surface area contributed by atoms with E-state index in [9.17, 15) is 14.4 Å². The summed E-state index contributed by atoms with van der Waals surface area (Å²) >= 11 is 5.97. The molecule has 27 heavy (non-hydrogen) atoms. The summed E-state index contributed by atoms with van der Waals surface area (Å²) in [5, 5.41) is 3.00. The van der Waals surface area contributed by atoms with Gasteiger partial charge in [-0.1, -0.05) is 23.7 Å². The molecule has 1 saturated heterocycles. The summed E-state index contributed by atoms with van der Waals surface area (Å²) < 4.78 is 10.2. The van der Waals surface area contributed by atoms with Gasteiger partial charge in [0.2, 0.25) is 0 Å². The van der Waals surface area contributed by atoms with Gasteiger partial charge in [-0.3, -0.25) is 14.4 Å². The van der Waals surface area contributed by atoms with Gasteiger partial charge >= 0.3 is 5.97 Å².